The molecule has 1 aromatic carbocycles. The van der Waals surface area contributed by atoms with E-state index in [4.69, 9.17) is 0 Å². The van der Waals surface area contributed by atoms with Gasteiger partial charge in [0.2, 0.25) is 5.91 Å². The van der Waals surface area contributed by atoms with Gasteiger partial charge in [-0.3, -0.25) is 4.79 Å². The highest BCUT2D eigenvalue weighted by atomic mass is 19.2. The van der Waals surface area contributed by atoms with Crippen LogP contribution in [0.1, 0.15) is 33.3 Å². The molecule has 0 spiro atoms. The number of rotatable bonds is 4. The van der Waals surface area contributed by atoms with Gasteiger partial charge in [0, 0.05) is 23.6 Å². The van der Waals surface area contributed by atoms with Gasteiger partial charge >= 0.3 is 0 Å². The van der Waals surface area contributed by atoms with Gasteiger partial charge in [0.15, 0.2) is 11.6 Å². The van der Waals surface area contributed by atoms with E-state index in [0.29, 0.717) is 6.07 Å². The molecule has 0 heterocycles. The van der Waals surface area contributed by atoms with Crippen molar-refractivity contribution in [3.8, 4) is 0 Å². The zero-order valence-corrected chi connectivity index (χ0v) is 11.5. The molecule has 0 aliphatic rings. The van der Waals surface area contributed by atoms with Crippen molar-refractivity contribution in [1.29, 1.82) is 0 Å². The molecule has 5 heteroatoms. The van der Waals surface area contributed by atoms with Crippen molar-refractivity contribution < 1.29 is 18.0 Å². The lowest BCUT2D eigenvalue weighted by atomic mass is 9.80. The van der Waals surface area contributed by atoms with E-state index in [-0.39, 0.29) is 23.9 Å². The molecule has 2 nitrogen and oxygen atoms in total. The van der Waals surface area contributed by atoms with E-state index < -0.39 is 22.9 Å². The average molecular weight is 273 g/mol. The van der Waals surface area contributed by atoms with Gasteiger partial charge in [0.25, 0.3) is 0 Å². The predicted octanol–water partition coefficient (Wildman–Crippen LogP) is 3.40. The summed E-state index contributed by atoms with van der Waals surface area (Å²) in [5.74, 6) is -3.46. The van der Waals surface area contributed by atoms with Crippen molar-refractivity contribution >= 4 is 5.91 Å². The summed E-state index contributed by atoms with van der Waals surface area (Å²) >= 11 is 0. The molecule has 1 N–H and O–H groups in total. The first kappa shape index (κ1) is 15.5. The number of benzene rings is 1. The number of nitrogens with one attached hydrogen (secondary N) is 1. The molecule has 0 radical (unpaired) electrons. The second kappa shape index (κ2) is 5.63. The fourth-order valence-corrected chi connectivity index (χ4v) is 1.40. The van der Waals surface area contributed by atoms with Crippen LogP contribution >= 0.6 is 0 Å². The summed E-state index contributed by atoms with van der Waals surface area (Å²) in [4.78, 5) is 11.9. The third-order valence-corrected chi connectivity index (χ3v) is 3.54. The first-order valence-electron chi connectivity index (χ1n) is 6.08. The number of amides is 1. The first-order chi connectivity index (χ1) is 8.66. The summed E-state index contributed by atoms with van der Waals surface area (Å²) in [7, 11) is 0. The highest BCUT2D eigenvalue weighted by molar-refractivity contribution is 5.82. The van der Waals surface area contributed by atoms with Gasteiger partial charge in [-0.1, -0.05) is 27.7 Å². The average Bonchev–Trinajstić information content (AvgIpc) is 2.31. The lowest BCUT2D eigenvalue weighted by Gasteiger charge is -2.27. The van der Waals surface area contributed by atoms with Gasteiger partial charge in [-0.05, 0) is 12.0 Å². The van der Waals surface area contributed by atoms with Crippen molar-refractivity contribution in [1.82, 2.24) is 5.32 Å². The molecular formula is C14H18F3NO. The van der Waals surface area contributed by atoms with Crippen LogP contribution < -0.4 is 5.32 Å². The molecule has 0 bridgehead atoms. The second-order valence-corrected chi connectivity index (χ2v) is 5.42. The van der Waals surface area contributed by atoms with E-state index in [1.54, 1.807) is 13.8 Å². The first-order valence-corrected chi connectivity index (χ1v) is 6.08. The Balaban J connectivity index is 2.81. The maximum Gasteiger partial charge on any atom is 0.226 e. The van der Waals surface area contributed by atoms with Crippen LogP contribution in [0.3, 0.4) is 0 Å². The highest BCUT2D eigenvalue weighted by Gasteiger charge is 2.31. The Bertz CT molecular complexity index is 484. The number of carbonyl (C=O) groups excluding carboxylic acids is 1. The fourth-order valence-electron chi connectivity index (χ4n) is 1.40. The topological polar surface area (TPSA) is 29.1 Å². The van der Waals surface area contributed by atoms with Gasteiger partial charge in [-0.15, -0.1) is 0 Å². The van der Waals surface area contributed by atoms with E-state index in [0.717, 1.165) is 6.07 Å². The maximum atomic E-state index is 13.4. The smallest absolute Gasteiger partial charge is 0.226 e. The molecule has 0 saturated heterocycles. The van der Waals surface area contributed by atoms with E-state index >= 15 is 0 Å². The lowest BCUT2D eigenvalue weighted by molar-refractivity contribution is -0.131. The highest BCUT2D eigenvalue weighted by Crippen LogP contribution is 2.26. The molecule has 0 atom stereocenters. The van der Waals surface area contributed by atoms with E-state index in [2.05, 4.69) is 5.32 Å². The molecule has 0 aromatic heterocycles. The van der Waals surface area contributed by atoms with Crippen LogP contribution in [0.5, 0.6) is 0 Å². The van der Waals surface area contributed by atoms with Crippen LogP contribution in [-0.2, 0) is 11.3 Å². The number of hydrogen-bond acceptors (Lipinski definition) is 1. The molecule has 0 fully saturated rings. The molecule has 0 unspecified atom stereocenters. The summed E-state index contributed by atoms with van der Waals surface area (Å²) in [6.07, 6.45) is 0. The monoisotopic (exact) mass is 273 g/mol. The molecular weight excluding hydrogens is 255 g/mol. The Morgan fingerprint density at radius 2 is 1.84 bits per heavy atom. The van der Waals surface area contributed by atoms with E-state index in [9.17, 15) is 18.0 Å². The SMILES string of the molecule is CC(C)C(C)(C)C(=O)NCc1cc(F)cc(F)c1F. The van der Waals surface area contributed by atoms with Gasteiger partial charge in [0.05, 0.1) is 0 Å². The third-order valence-electron chi connectivity index (χ3n) is 3.54. The van der Waals surface area contributed by atoms with Crippen molar-refractivity contribution in [2.75, 3.05) is 0 Å². The zero-order chi connectivity index (χ0) is 14.8. The van der Waals surface area contributed by atoms with Gasteiger partial charge in [-0.25, -0.2) is 13.2 Å². The Hall–Kier alpha value is -1.52. The summed E-state index contributed by atoms with van der Waals surface area (Å²) in [6.45, 7) is 7.06. The van der Waals surface area contributed by atoms with Crippen LogP contribution in [0, 0.1) is 28.8 Å². The molecule has 19 heavy (non-hydrogen) atoms. The Morgan fingerprint density at radius 1 is 1.26 bits per heavy atom. The molecule has 106 valence electrons. The fraction of sp³-hybridized carbons (Fsp3) is 0.500. The number of hydrogen-bond donors (Lipinski definition) is 1. The molecule has 0 aliphatic heterocycles. The molecule has 1 rings (SSSR count). The van der Waals surface area contributed by atoms with E-state index in [1.807, 2.05) is 13.8 Å². The van der Waals surface area contributed by atoms with Crippen LogP contribution in [0.15, 0.2) is 12.1 Å². The van der Waals surface area contributed by atoms with Crippen LogP contribution in [-0.4, -0.2) is 5.91 Å². The number of halogens is 3. The quantitative estimate of drug-likeness (QED) is 0.837. The van der Waals surface area contributed by atoms with Crippen molar-refractivity contribution in [2.45, 2.75) is 34.2 Å². The Labute approximate surface area is 111 Å². The summed E-state index contributed by atoms with van der Waals surface area (Å²) < 4.78 is 39.4. The molecule has 0 aliphatic carbocycles. The van der Waals surface area contributed by atoms with Gasteiger partial charge in [-0.2, -0.15) is 0 Å². The normalized spacial score (nSPS) is 11.8. The van der Waals surface area contributed by atoms with E-state index in [1.165, 1.54) is 0 Å². The number of carbonyl (C=O) groups is 1. The van der Waals surface area contributed by atoms with Crippen molar-refractivity contribution in [2.24, 2.45) is 11.3 Å². The minimum Gasteiger partial charge on any atom is -0.351 e. The standard InChI is InChI=1S/C14H18F3NO/c1-8(2)14(3,4)13(19)18-7-9-5-10(15)6-11(16)12(9)17/h5-6,8H,7H2,1-4H3,(H,18,19). The summed E-state index contributed by atoms with van der Waals surface area (Å²) in [6, 6.07) is 1.35. The minimum atomic E-state index is -1.26. The maximum absolute atomic E-state index is 13.4. The Kier molecular flexibility index (Phi) is 4.61. The van der Waals surface area contributed by atoms with Crippen LogP contribution in [0.2, 0.25) is 0 Å². The van der Waals surface area contributed by atoms with Crippen LogP contribution in [0.4, 0.5) is 13.2 Å². The van der Waals surface area contributed by atoms with Crippen molar-refractivity contribution in [3.05, 3.63) is 35.1 Å². The largest absolute Gasteiger partial charge is 0.351 e. The van der Waals surface area contributed by atoms with Gasteiger partial charge in [0.1, 0.15) is 5.82 Å². The second-order valence-electron chi connectivity index (χ2n) is 5.42. The van der Waals surface area contributed by atoms with Crippen LogP contribution in [0.25, 0.3) is 0 Å². The summed E-state index contributed by atoms with van der Waals surface area (Å²) in [5, 5.41) is 2.50. The lowest BCUT2D eigenvalue weighted by Crippen LogP contribution is -2.40. The molecule has 1 amide bonds. The third kappa shape index (κ3) is 3.49. The Morgan fingerprint density at radius 3 is 2.37 bits per heavy atom. The predicted molar refractivity (Wildman–Crippen MR) is 66.8 cm³/mol. The van der Waals surface area contributed by atoms with Crippen molar-refractivity contribution in [3.63, 3.8) is 0 Å². The zero-order valence-electron chi connectivity index (χ0n) is 11.5. The summed E-state index contributed by atoms with van der Waals surface area (Å²) in [5.41, 5.74) is -0.840. The minimum absolute atomic E-state index is 0.0848. The molecule has 0 saturated carbocycles. The molecule has 1 aromatic rings. The van der Waals surface area contributed by atoms with Gasteiger partial charge < -0.3 is 5.32 Å².